The highest BCUT2D eigenvalue weighted by molar-refractivity contribution is 9.11. The second-order valence-corrected chi connectivity index (χ2v) is 37.3. The van der Waals surface area contributed by atoms with Gasteiger partial charge in [0.15, 0.2) is 17.5 Å². The second kappa shape index (κ2) is 38.6. The van der Waals surface area contributed by atoms with Gasteiger partial charge in [-0.15, -0.1) is 0 Å². The van der Waals surface area contributed by atoms with Crippen LogP contribution in [0, 0.1) is 51.7 Å². The highest BCUT2D eigenvalue weighted by atomic mass is 79.9. The van der Waals surface area contributed by atoms with Crippen molar-refractivity contribution in [1.29, 1.82) is 10.5 Å². The van der Waals surface area contributed by atoms with Crippen LogP contribution in [0.3, 0.4) is 0 Å². The van der Waals surface area contributed by atoms with Gasteiger partial charge in [-0.25, -0.2) is 50.9 Å². The minimum Gasteiger partial charge on any atom is -0.317 e. The van der Waals surface area contributed by atoms with Gasteiger partial charge in [0.2, 0.25) is 0 Å². The molecule has 28 nitrogen and oxygen atoms in total. The molecule has 5 saturated carbocycles. The zero-order valence-corrected chi connectivity index (χ0v) is 75.7. The molecule has 5 atom stereocenters. The van der Waals surface area contributed by atoms with Crippen LogP contribution in [0.1, 0.15) is 256 Å². The predicted molar refractivity (Wildman–Crippen MR) is 477 cm³/mol. The van der Waals surface area contributed by atoms with E-state index in [-0.39, 0.29) is 99.0 Å². The molecule has 5 fully saturated rings. The third-order valence-electron chi connectivity index (χ3n) is 26.6. The lowest BCUT2D eigenvalue weighted by Gasteiger charge is -2.34. The number of benzene rings is 4. The number of amides is 10. The molecule has 6 aromatic heterocycles. The highest BCUT2D eigenvalue weighted by Crippen LogP contribution is 2.46. The maximum absolute atomic E-state index is 14.2. The molecule has 11 heterocycles. The van der Waals surface area contributed by atoms with Gasteiger partial charge in [-0.05, 0) is 213 Å². The number of aromatic nitrogens is 11. The van der Waals surface area contributed by atoms with Gasteiger partial charge in [-0.2, -0.15) is 36.0 Å². The van der Waals surface area contributed by atoms with Crippen molar-refractivity contribution in [2.24, 2.45) is 0 Å². The van der Waals surface area contributed by atoms with Gasteiger partial charge >= 0.3 is 30.2 Å². The summed E-state index contributed by atoms with van der Waals surface area (Å²) in [5.74, 6) is -0.130. The summed E-state index contributed by atoms with van der Waals surface area (Å²) in [6.07, 6.45) is 23.0. The number of hydrogen-bond donors (Lipinski definition) is 10. The molecule has 0 bridgehead atoms. The fourth-order valence-corrected chi connectivity index (χ4v) is 19.0. The Morgan fingerprint density at radius 3 is 1.00 bits per heavy atom. The lowest BCUT2D eigenvalue weighted by molar-refractivity contribution is 0.180. The number of carbonyl (C=O) groups is 5. The lowest BCUT2D eigenvalue weighted by Crippen LogP contribution is -2.45. The number of rotatable bonds is 10. The van der Waals surface area contributed by atoms with Gasteiger partial charge in [-0.1, -0.05) is 44.2 Å². The Kier molecular flexibility index (Phi) is 27.0. The van der Waals surface area contributed by atoms with E-state index in [9.17, 15) is 45.9 Å². The van der Waals surface area contributed by atoms with Crippen molar-refractivity contribution < 1.29 is 45.9 Å². The molecule has 0 spiro atoms. The van der Waals surface area contributed by atoms with E-state index in [1.165, 1.54) is 112 Å². The number of pyridine rings is 1. The summed E-state index contributed by atoms with van der Waals surface area (Å²) in [5.41, 5.74) is 18.0. The molecule has 127 heavy (non-hydrogen) atoms. The maximum Gasteiger partial charge on any atom is 0.322 e. The van der Waals surface area contributed by atoms with Crippen LogP contribution in [0.4, 0.5) is 74.4 Å². The molecule has 10 amide bonds. The molecule has 5 aliphatic heterocycles. The molecule has 664 valence electrons. The largest absolute Gasteiger partial charge is 0.322 e. The zero-order chi connectivity index (χ0) is 89.2. The SMILES string of the molecule is CC1Cc2[nH]nc(C3CCC3)c2CN1C(=O)Nc1ccc(F)c(Br)c1.CC1Cc2[nH]nc(C3CCC3)c2CN1C(=O)Nc1ccc(F)c(C#N)c1.CC1Cc2[nH]nc(C3CCC3)c2CN1C(=O)Nc1cccc(Br)c1F.CC1Cc2[nH]nc(C3CCC3)c2CN1C(=O)Nc1cccc(C#N)c1F.CC1Cc2[nH]nc(C3CCC3)c2CN1C(=O)Nc1ccnc(Br)c1F. The summed E-state index contributed by atoms with van der Waals surface area (Å²) in [4.78, 5) is 76.4. The van der Waals surface area contributed by atoms with E-state index in [1.807, 2.05) is 39.5 Å². The Labute approximate surface area is 756 Å². The van der Waals surface area contributed by atoms with Crippen LogP contribution in [0.25, 0.3) is 0 Å². The monoisotopic (exact) mass is 1930 g/mol. The molecule has 0 saturated heterocycles. The molecule has 5 unspecified atom stereocenters. The van der Waals surface area contributed by atoms with Crippen LogP contribution in [0.2, 0.25) is 0 Å². The number of hydrogen-bond acceptors (Lipinski definition) is 13. The zero-order valence-electron chi connectivity index (χ0n) is 70.9. The Hall–Kier alpha value is -11.5. The number of anilines is 5. The number of fused-ring (bicyclic) bond motifs is 5. The summed E-state index contributed by atoms with van der Waals surface area (Å²) in [6, 6.07) is 21.5. The normalized spacial score (nSPS) is 19.8. The fraction of sp³-hybridized carbons (Fsp3) is 0.440. The number of urea groups is 5. The first kappa shape index (κ1) is 88.9. The van der Waals surface area contributed by atoms with Gasteiger partial charge < -0.3 is 51.1 Å². The Balaban J connectivity index is 0.000000117. The summed E-state index contributed by atoms with van der Waals surface area (Å²) in [6.45, 7) is 12.5. The third-order valence-corrected chi connectivity index (χ3v) is 28.4. The third kappa shape index (κ3) is 19.1. The number of nitrogens with one attached hydrogen (secondary N) is 10. The average Bonchev–Trinajstić information content (AvgIpc) is 1.67. The van der Waals surface area contributed by atoms with Gasteiger partial charge in [0, 0.05) is 166 Å². The van der Waals surface area contributed by atoms with Crippen molar-refractivity contribution >= 4 is 106 Å². The minimum atomic E-state index is -0.702. The smallest absolute Gasteiger partial charge is 0.317 e. The van der Waals surface area contributed by atoms with E-state index in [1.54, 1.807) is 68.1 Å². The van der Waals surface area contributed by atoms with Crippen LogP contribution in [-0.2, 0) is 64.8 Å². The topological polar surface area (TPSA) is 366 Å². The molecule has 10 aromatic rings. The molecule has 10 N–H and O–H groups in total. The van der Waals surface area contributed by atoms with Crippen LogP contribution >= 0.6 is 47.8 Å². The van der Waals surface area contributed by atoms with E-state index >= 15 is 0 Å². The van der Waals surface area contributed by atoms with Crippen molar-refractivity contribution in [2.45, 2.75) is 256 Å². The number of carbonyl (C=O) groups excluding carboxylic acids is 5. The average molecular weight is 1930 g/mol. The summed E-state index contributed by atoms with van der Waals surface area (Å²) < 4.78 is 70.0. The molecule has 36 heteroatoms. The molecular formula is C91H99Br3F5N23O5. The predicted octanol–water partition coefficient (Wildman–Crippen LogP) is 20.4. The van der Waals surface area contributed by atoms with Crippen molar-refractivity contribution in [3.05, 3.63) is 224 Å². The quantitative estimate of drug-likeness (QED) is 0.0450. The van der Waals surface area contributed by atoms with Crippen molar-refractivity contribution in [3.63, 3.8) is 0 Å². The molecule has 20 rings (SSSR count). The standard InChI is InChI=1S/2C19H20FN5O.2C18H20BrFN4O.C17H19BrFN5O/c1-11-8-16-14(18(24-23-16)12-4-2-5-12)10-25(11)19(26)22-15-7-3-6-13(9-21)17(15)20;1-11-7-17-15(18(24-23-17)12-3-2-4-12)10-25(11)19(26)22-14-5-6-16(20)13(8-14)9-21;1-10-8-15-12(17(23-22-15)11-4-2-5-11)9-24(10)18(25)21-14-7-3-6-13(19)16(14)20;1-10-7-16-13(17(23-22-16)11-3-2-4-11)9-24(10)18(25)21-12-5-6-15(20)14(19)8-12;1-9-7-13-11(15(23-22-13)10-3-2-4-10)8-24(9)17(25)21-12-5-6-20-16(18)14(12)19/h3,6-7,11-12H,2,4-5,8,10H2,1H3,(H,22,26)(H,23,24);5-6,8,11-12H,2-4,7,10H2,1H3,(H,22,26)(H,23,24);3,6-7,10-11H,2,4-5,8-9H2,1H3,(H,21,25)(H,22,23);5-6,8,10-11H,2-4,7,9H2,1H3,(H,21,25)(H,22,23);5-6,9-10H,2-4,7-8H2,1H3,(H,22,23)(H,20,21,25). The van der Waals surface area contributed by atoms with E-state index in [4.69, 9.17) is 10.5 Å². The van der Waals surface area contributed by atoms with Crippen molar-refractivity contribution in [2.75, 3.05) is 26.6 Å². The molecule has 4 aromatic carbocycles. The van der Waals surface area contributed by atoms with Gasteiger partial charge in [0.25, 0.3) is 0 Å². The van der Waals surface area contributed by atoms with E-state index in [0.717, 1.165) is 143 Å². The molecule has 5 aliphatic carbocycles. The van der Waals surface area contributed by atoms with Crippen LogP contribution in [-0.4, -0.2) is 141 Å². The van der Waals surface area contributed by atoms with Crippen LogP contribution in [0.15, 0.2) is 98.6 Å². The number of halogens is 8. The minimum absolute atomic E-state index is 0.00975. The Morgan fingerprint density at radius 2 is 0.677 bits per heavy atom. The highest BCUT2D eigenvalue weighted by Gasteiger charge is 2.41. The Morgan fingerprint density at radius 1 is 0.370 bits per heavy atom. The fourth-order valence-electron chi connectivity index (χ4n) is 18.0. The maximum atomic E-state index is 14.2. The van der Waals surface area contributed by atoms with Gasteiger partial charge in [-0.3, -0.25) is 25.5 Å². The Bertz CT molecular complexity index is 5730. The van der Waals surface area contributed by atoms with E-state index in [0.29, 0.717) is 89.1 Å². The molecule has 10 aliphatic rings. The van der Waals surface area contributed by atoms with Crippen LogP contribution < -0.4 is 26.6 Å². The van der Waals surface area contributed by atoms with Crippen molar-refractivity contribution in [1.82, 2.24) is 80.5 Å². The summed E-state index contributed by atoms with van der Waals surface area (Å²) in [5, 5.41) is 69.8. The second-order valence-electron chi connectivity index (χ2n) is 34.8. The molecular weight excluding hydrogens is 1830 g/mol. The lowest BCUT2D eigenvalue weighted by atomic mass is 9.80. The number of nitriles is 2. The van der Waals surface area contributed by atoms with Gasteiger partial charge in [0.05, 0.1) is 98.3 Å². The van der Waals surface area contributed by atoms with Crippen molar-refractivity contribution in [3.8, 4) is 12.1 Å². The van der Waals surface area contributed by atoms with Gasteiger partial charge in [0.1, 0.15) is 28.4 Å². The number of nitrogens with zero attached hydrogens (tertiary/aromatic N) is 13. The number of H-pyrrole nitrogens is 5. The number of aromatic amines is 5. The van der Waals surface area contributed by atoms with E-state index in [2.05, 4.69) is 130 Å². The summed E-state index contributed by atoms with van der Waals surface area (Å²) >= 11 is 9.33. The first-order valence-electron chi connectivity index (χ1n) is 43.5. The molecule has 0 radical (unpaired) electrons. The summed E-state index contributed by atoms with van der Waals surface area (Å²) in [7, 11) is 0. The van der Waals surface area contributed by atoms with E-state index < -0.39 is 23.3 Å². The first-order valence-corrected chi connectivity index (χ1v) is 45.9. The first-order chi connectivity index (χ1) is 61.3. The van der Waals surface area contributed by atoms with Crippen LogP contribution in [0.5, 0.6) is 0 Å².